The number of nitrogens with one attached hydrogen (secondary N) is 1. The van der Waals surface area contributed by atoms with E-state index in [0.717, 1.165) is 32.5 Å². The monoisotopic (exact) mass is 215 g/mol. The minimum absolute atomic E-state index is 0.200. The maximum absolute atomic E-state index is 8.88. The lowest BCUT2D eigenvalue weighted by Gasteiger charge is -2.24. The summed E-state index contributed by atoms with van der Waals surface area (Å²) < 4.78 is 5.55. The number of aliphatic hydroxyl groups is 1. The van der Waals surface area contributed by atoms with Gasteiger partial charge in [0.1, 0.15) is 0 Å². The molecule has 0 amide bonds. The van der Waals surface area contributed by atoms with Crippen LogP contribution in [0, 0.1) is 5.41 Å². The van der Waals surface area contributed by atoms with E-state index in [0.29, 0.717) is 6.10 Å². The molecule has 90 valence electrons. The quantitative estimate of drug-likeness (QED) is 0.633. The smallest absolute Gasteiger partial charge is 0.0588 e. The van der Waals surface area contributed by atoms with Crippen LogP contribution in [0.25, 0.3) is 0 Å². The van der Waals surface area contributed by atoms with Gasteiger partial charge in [0, 0.05) is 19.8 Å². The Labute approximate surface area is 93.2 Å². The summed E-state index contributed by atoms with van der Waals surface area (Å²) in [6.07, 6.45) is 4.91. The normalized spacial score (nSPS) is 22.2. The van der Waals surface area contributed by atoms with E-state index in [1.165, 1.54) is 12.8 Å². The van der Waals surface area contributed by atoms with Crippen molar-refractivity contribution in [2.24, 2.45) is 5.41 Å². The van der Waals surface area contributed by atoms with Crippen LogP contribution >= 0.6 is 0 Å². The van der Waals surface area contributed by atoms with Gasteiger partial charge in [0.2, 0.25) is 0 Å². The maximum Gasteiger partial charge on any atom is 0.0588 e. The largest absolute Gasteiger partial charge is 0.396 e. The highest BCUT2D eigenvalue weighted by Gasteiger charge is 2.18. The van der Waals surface area contributed by atoms with Gasteiger partial charge in [-0.3, -0.25) is 0 Å². The Morgan fingerprint density at radius 2 is 2.27 bits per heavy atom. The van der Waals surface area contributed by atoms with Gasteiger partial charge in [0.15, 0.2) is 0 Å². The van der Waals surface area contributed by atoms with Gasteiger partial charge >= 0.3 is 0 Å². The highest BCUT2D eigenvalue weighted by molar-refractivity contribution is 4.72. The molecular formula is C12H25NO2. The fraction of sp³-hybridized carbons (Fsp3) is 1.00. The molecule has 3 heteroatoms. The Morgan fingerprint density at radius 3 is 2.87 bits per heavy atom. The molecule has 1 aliphatic heterocycles. The Balaban J connectivity index is 2.00. The van der Waals surface area contributed by atoms with E-state index in [1.54, 1.807) is 0 Å². The van der Waals surface area contributed by atoms with E-state index in [2.05, 4.69) is 19.2 Å². The lowest BCUT2D eigenvalue weighted by Crippen LogP contribution is -2.32. The van der Waals surface area contributed by atoms with Crippen molar-refractivity contribution in [1.29, 1.82) is 0 Å². The molecule has 0 radical (unpaired) electrons. The fourth-order valence-corrected chi connectivity index (χ4v) is 1.95. The number of aliphatic hydroxyl groups excluding tert-OH is 1. The zero-order valence-corrected chi connectivity index (χ0v) is 10.1. The number of rotatable bonds is 7. The molecule has 1 rings (SSSR count). The molecule has 15 heavy (non-hydrogen) atoms. The van der Waals surface area contributed by atoms with E-state index >= 15 is 0 Å². The van der Waals surface area contributed by atoms with E-state index in [4.69, 9.17) is 9.84 Å². The first-order valence-corrected chi connectivity index (χ1v) is 6.07. The second-order valence-corrected chi connectivity index (χ2v) is 5.24. The van der Waals surface area contributed by atoms with Crippen molar-refractivity contribution in [3.63, 3.8) is 0 Å². The van der Waals surface area contributed by atoms with E-state index in [1.807, 2.05) is 0 Å². The third-order valence-corrected chi connectivity index (χ3v) is 3.06. The SMILES string of the molecule is CC(C)(CCO)CNCCC1CCCO1. The van der Waals surface area contributed by atoms with Crippen molar-refractivity contribution in [2.75, 3.05) is 26.3 Å². The minimum atomic E-state index is 0.200. The molecule has 0 aromatic carbocycles. The summed E-state index contributed by atoms with van der Waals surface area (Å²) in [6.45, 7) is 7.59. The van der Waals surface area contributed by atoms with E-state index in [9.17, 15) is 0 Å². The van der Waals surface area contributed by atoms with Gasteiger partial charge in [0.05, 0.1) is 6.10 Å². The van der Waals surface area contributed by atoms with Crippen LogP contribution in [0.2, 0.25) is 0 Å². The van der Waals surface area contributed by atoms with Gasteiger partial charge in [-0.2, -0.15) is 0 Å². The number of ether oxygens (including phenoxy) is 1. The van der Waals surface area contributed by atoms with Gasteiger partial charge in [-0.05, 0) is 37.6 Å². The molecule has 0 aromatic rings. The third kappa shape index (κ3) is 5.50. The molecule has 0 aliphatic carbocycles. The molecule has 3 nitrogen and oxygen atoms in total. The zero-order valence-electron chi connectivity index (χ0n) is 10.1. The van der Waals surface area contributed by atoms with Crippen LogP contribution in [-0.4, -0.2) is 37.5 Å². The Kier molecular flexibility index (Phi) is 5.58. The second kappa shape index (κ2) is 6.46. The minimum Gasteiger partial charge on any atom is -0.396 e. The number of hydrogen-bond acceptors (Lipinski definition) is 3. The van der Waals surface area contributed by atoms with E-state index < -0.39 is 0 Å². The van der Waals surface area contributed by atoms with Gasteiger partial charge < -0.3 is 15.2 Å². The van der Waals surface area contributed by atoms with Crippen LogP contribution in [-0.2, 0) is 4.74 Å². The first kappa shape index (κ1) is 12.9. The molecule has 2 N–H and O–H groups in total. The molecule has 1 heterocycles. The topological polar surface area (TPSA) is 41.5 Å². The maximum atomic E-state index is 8.88. The molecule has 1 unspecified atom stereocenters. The molecule has 0 bridgehead atoms. The summed E-state index contributed by atoms with van der Waals surface area (Å²) >= 11 is 0. The highest BCUT2D eigenvalue weighted by Crippen LogP contribution is 2.18. The van der Waals surface area contributed by atoms with Crippen LogP contribution in [0.3, 0.4) is 0 Å². The Morgan fingerprint density at radius 1 is 1.47 bits per heavy atom. The first-order valence-electron chi connectivity index (χ1n) is 6.07. The van der Waals surface area contributed by atoms with Crippen molar-refractivity contribution in [2.45, 2.75) is 45.6 Å². The fourth-order valence-electron chi connectivity index (χ4n) is 1.95. The van der Waals surface area contributed by atoms with Crippen LogP contribution in [0.4, 0.5) is 0 Å². The lowest BCUT2D eigenvalue weighted by molar-refractivity contribution is 0.103. The van der Waals surface area contributed by atoms with Crippen molar-refractivity contribution in [3.05, 3.63) is 0 Å². The summed E-state index contributed by atoms with van der Waals surface area (Å²) in [7, 11) is 0. The molecule has 1 atom stereocenters. The van der Waals surface area contributed by atoms with Gasteiger partial charge in [0.25, 0.3) is 0 Å². The summed E-state index contributed by atoms with van der Waals surface area (Å²) in [5, 5.41) is 12.3. The summed E-state index contributed by atoms with van der Waals surface area (Å²) in [5.41, 5.74) is 0.200. The molecule has 1 aliphatic rings. The van der Waals surface area contributed by atoms with Crippen molar-refractivity contribution in [1.82, 2.24) is 5.32 Å². The average molecular weight is 215 g/mol. The standard InChI is InChI=1S/C12H25NO2/c1-12(2,6-8-14)10-13-7-5-11-4-3-9-15-11/h11,13-14H,3-10H2,1-2H3. The second-order valence-electron chi connectivity index (χ2n) is 5.24. The summed E-state index contributed by atoms with van der Waals surface area (Å²) in [4.78, 5) is 0. The summed E-state index contributed by atoms with van der Waals surface area (Å²) in [5.74, 6) is 0. The highest BCUT2D eigenvalue weighted by atomic mass is 16.5. The number of hydrogen-bond donors (Lipinski definition) is 2. The van der Waals surface area contributed by atoms with Gasteiger partial charge in [-0.15, -0.1) is 0 Å². The van der Waals surface area contributed by atoms with E-state index in [-0.39, 0.29) is 12.0 Å². The molecule has 1 fully saturated rings. The first-order chi connectivity index (χ1) is 7.14. The Hall–Kier alpha value is -0.120. The molecule has 1 saturated heterocycles. The molecule has 0 aromatic heterocycles. The van der Waals surface area contributed by atoms with Crippen LogP contribution in [0.15, 0.2) is 0 Å². The van der Waals surface area contributed by atoms with Crippen LogP contribution < -0.4 is 5.32 Å². The van der Waals surface area contributed by atoms with Gasteiger partial charge in [-0.25, -0.2) is 0 Å². The third-order valence-electron chi connectivity index (χ3n) is 3.06. The summed E-state index contributed by atoms with van der Waals surface area (Å²) in [6, 6.07) is 0. The van der Waals surface area contributed by atoms with Crippen LogP contribution in [0.5, 0.6) is 0 Å². The van der Waals surface area contributed by atoms with Gasteiger partial charge in [-0.1, -0.05) is 13.8 Å². The molecule has 0 saturated carbocycles. The molecule has 0 spiro atoms. The average Bonchev–Trinajstić information content (AvgIpc) is 2.65. The Bertz CT molecular complexity index is 165. The van der Waals surface area contributed by atoms with Crippen molar-refractivity contribution in [3.8, 4) is 0 Å². The van der Waals surface area contributed by atoms with Crippen LogP contribution in [0.1, 0.15) is 39.5 Å². The lowest BCUT2D eigenvalue weighted by atomic mass is 9.90. The van der Waals surface area contributed by atoms with Crippen molar-refractivity contribution < 1.29 is 9.84 Å². The molecular weight excluding hydrogens is 190 g/mol. The predicted molar refractivity (Wildman–Crippen MR) is 61.9 cm³/mol. The zero-order chi connectivity index (χ0) is 11.1. The van der Waals surface area contributed by atoms with Crippen molar-refractivity contribution >= 4 is 0 Å². The predicted octanol–water partition coefficient (Wildman–Crippen LogP) is 1.55.